The van der Waals surface area contributed by atoms with Gasteiger partial charge in [-0.2, -0.15) is 0 Å². The Morgan fingerprint density at radius 3 is 2.62 bits per heavy atom. The van der Waals surface area contributed by atoms with E-state index in [0.29, 0.717) is 12.6 Å². The smallest absolute Gasteiger partial charge is 0.191 e. The summed E-state index contributed by atoms with van der Waals surface area (Å²) in [4.78, 5) is 4.65. The molecule has 1 aliphatic carbocycles. The number of nitrogens with one attached hydrogen (secondary N) is 2. The summed E-state index contributed by atoms with van der Waals surface area (Å²) in [5.41, 5.74) is 1.12. The molecule has 0 heterocycles. The normalized spacial score (nSPS) is 15.4. The van der Waals surface area contributed by atoms with E-state index in [4.69, 9.17) is 9.47 Å². The molecule has 0 aliphatic heterocycles. The standard InChI is InChI=1S/C19H31N3O2/c1-4-12-21-19(20-5-2)22-14-15-10-11-17(23-3)18(13-15)24-16-8-6-7-9-16/h10-11,13,16H,4-9,12,14H2,1-3H3,(H2,20,21,22). The van der Waals surface area contributed by atoms with Crippen LogP contribution in [0.2, 0.25) is 0 Å². The second kappa shape index (κ2) is 10.1. The van der Waals surface area contributed by atoms with Gasteiger partial charge in [0.15, 0.2) is 17.5 Å². The van der Waals surface area contributed by atoms with Gasteiger partial charge in [0.25, 0.3) is 0 Å². The number of rotatable bonds is 8. The van der Waals surface area contributed by atoms with Crippen molar-refractivity contribution in [1.29, 1.82) is 0 Å². The summed E-state index contributed by atoms with van der Waals surface area (Å²) >= 11 is 0. The average Bonchev–Trinajstić information content (AvgIpc) is 3.10. The Bertz CT molecular complexity index is 525. The van der Waals surface area contributed by atoms with E-state index >= 15 is 0 Å². The van der Waals surface area contributed by atoms with E-state index in [0.717, 1.165) is 55.4 Å². The minimum Gasteiger partial charge on any atom is -0.493 e. The molecule has 1 aromatic rings. The fraction of sp³-hybridized carbons (Fsp3) is 0.632. The summed E-state index contributed by atoms with van der Waals surface area (Å²) < 4.78 is 11.6. The van der Waals surface area contributed by atoms with E-state index in [1.54, 1.807) is 7.11 Å². The van der Waals surface area contributed by atoms with Crippen LogP contribution >= 0.6 is 0 Å². The fourth-order valence-electron chi connectivity index (χ4n) is 2.85. The molecule has 2 rings (SSSR count). The van der Waals surface area contributed by atoms with Gasteiger partial charge in [0, 0.05) is 13.1 Å². The Hall–Kier alpha value is -1.91. The minimum atomic E-state index is 0.321. The molecule has 5 nitrogen and oxygen atoms in total. The third-order valence-electron chi connectivity index (χ3n) is 4.13. The molecule has 5 heteroatoms. The number of benzene rings is 1. The molecule has 0 aromatic heterocycles. The van der Waals surface area contributed by atoms with Crippen molar-refractivity contribution < 1.29 is 9.47 Å². The highest BCUT2D eigenvalue weighted by Crippen LogP contribution is 2.32. The number of aliphatic imine (C=N–C) groups is 1. The molecule has 24 heavy (non-hydrogen) atoms. The number of hydrogen-bond acceptors (Lipinski definition) is 3. The lowest BCUT2D eigenvalue weighted by Gasteiger charge is -2.17. The maximum absolute atomic E-state index is 6.15. The monoisotopic (exact) mass is 333 g/mol. The molecule has 0 atom stereocenters. The molecular formula is C19H31N3O2. The van der Waals surface area contributed by atoms with Crippen molar-refractivity contribution in [1.82, 2.24) is 10.6 Å². The van der Waals surface area contributed by atoms with Gasteiger partial charge in [0.2, 0.25) is 0 Å². The molecule has 134 valence electrons. The first-order valence-electron chi connectivity index (χ1n) is 9.12. The van der Waals surface area contributed by atoms with Crippen LogP contribution in [0.15, 0.2) is 23.2 Å². The molecule has 0 unspecified atom stereocenters. The third-order valence-corrected chi connectivity index (χ3v) is 4.13. The van der Waals surface area contributed by atoms with Crippen molar-refractivity contribution in [2.45, 2.75) is 58.6 Å². The van der Waals surface area contributed by atoms with E-state index in [-0.39, 0.29) is 0 Å². The summed E-state index contributed by atoms with van der Waals surface area (Å²) in [6.07, 6.45) is 6.18. The highest BCUT2D eigenvalue weighted by molar-refractivity contribution is 5.79. The molecule has 1 saturated carbocycles. The lowest BCUT2D eigenvalue weighted by molar-refractivity contribution is 0.200. The number of hydrogen-bond donors (Lipinski definition) is 2. The Morgan fingerprint density at radius 2 is 1.96 bits per heavy atom. The summed E-state index contributed by atoms with van der Waals surface area (Å²) in [6, 6.07) is 6.08. The van der Waals surface area contributed by atoms with Crippen molar-refractivity contribution in [2.24, 2.45) is 4.99 Å². The predicted octanol–water partition coefficient (Wildman–Crippen LogP) is 3.48. The van der Waals surface area contributed by atoms with E-state index < -0.39 is 0 Å². The Balaban J connectivity index is 2.05. The molecule has 0 radical (unpaired) electrons. The first-order valence-corrected chi connectivity index (χ1v) is 9.12. The zero-order valence-electron chi connectivity index (χ0n) is 15.2. The average molecular weight is 333 g/mol. The summed E-state index contributed by atoms with van der Waals surface area (Å²) in [5.74, 6) is 2.49. The maximum atomic E-state index is 6.15. The fourth-order valence-corrected chi connectivity index (χ4v) is 2.85. The van der Waals surface area contributed by atoms with Crippen molar-refractivity contribution >= 4 is 5.96 Å². The van der Waals surface area contributed by atoms with Crippen molar-refractivity contribution in [3.05, 3.63) is 23.8 Å². The lowest BCUT2D eigenvalue weighted by atomic mass is 10.2. The molecule has 0 amide bonds. The van der Waals surface area contributed by atoms with Gasteiger partial charge >= 0.3 is 0 Å². The third kappa shape index (κ3) is 5.62. The van der Waals surface area contributed by atoms with Crippen LogP contribution in [-0.4, -0.2) is 32.3 Å². The zero-order valence-corrected chi connectivity index (χ0v) is 15.2. The first kappa shape index (κ1) is 18.4. The van der Waals surface area contributed by atoms with Crippen LogP contribution < -0.4 is 20.1 Å². The van der Waals surface area contributed by atoms with E-state index in [9.17, 15) is 0 Å². The Morgan fingerprint density at radius 1 is 1.17 bits per heavy atom. The lowest BCUT2D eigenvalue weighted by Crippen LogP contribution is -2.37. The predicted molar refractivity (Wildman–Crippen MR) is 99.0 cm³/mol. The van der Waals surface area contributed by atoms with Crippen molar-refractivity contribution in [3.8, 4) is 11.5 Å². The van der Waals surface area contributed by atoms with Gasteiger partial charge in [-0.25, -0.2) is 4.99 Å². The SMILES string of the molecule is CCCNC(=NCc1ccc(OC)c(OC2CCCC2)c1)NCC. The number of ether oxygens (including phenoxy) is 2. The maximum Gasteiger partial charge on any atom is 0.191 e. The Kier molecular flexibility index (Phi) is 7.72. The van der Waals surface area contributed by atoms with Crippen LogP contribution in [0.5, 0.6) is 11.5 Å². The first-order chi connectivity index (χ1) is 11.8. The van der Waals surface area contributed by atoms with E-state index in [1.807, 2.05) is 12.1 Å². The second-order valence-electron chi connectivity index (χ2n) is 6.13. The molecule has 1 aliphatic rings. The quantitative estimate of drug-likeness (QED) is 0.565. The highest BCUT2D eigenvalue weighted by Gasteiger charge is 2.18. The van der Waals surface area contributed by atoms with Gasteiger partial charge in [0.1, 0.15) is 0 Å². The van der Waals surface area contributed by atoms with E-state index in [1.165, 1.54) is 12.8 Å². The molecule has 1 aromatic carbocycles. The minimum absolute atomic E-state index is 0.321. The topological polar surface area (TPSA) is 54.9 Å². The molecule has 2 N–H and O–H groups in total. The number of methoxy groups -OCH3 is 1. The summed E-state index contributed by atoms with van der Waals surface area (Å²) in [7, 11) is 1.69. The van der Waals surface area contributed by atoms with Gasteiger partial charge in [-0.3, -0.25) is 0 Å². The van der Waals surface area contributed by atoms with Crippen molar-refractivity contribution in [2.75, 3.05) is 20.2 Å². The van der Waals surface area contributed by atoms with Crippen LogP contribution in [0.1, 0.15) is 51.5 Å². The molecule has 0 saturated heterocycles. The van der Waals surface area contributed by atoms with Crippen molar-refractivity contribution in [3.63, 3.8) is 0 Å². The van der Waals surface area contributed by atoms with Crippen LogP contribution in [0.25, 0.3) is 0 Å². The van der Waals surface area contributed by atoms with Gasteiger partial charge in [-0.15, -0.1) is 0 Å². The van der Waals surface area contributed by atoms with Crippen LogP contribution in [0.3, 0.4) is 0 Å². The van der Waals surface area contributed by atoms with Gasteiger partial charge in [-0.1, -0.05) is 13.0 Å². The molecule has 0 spiro atoms. The largest absolute Gasteiger partial charge is 0.493 e. The second-order valence-corrected chi connectivity index (χ2v) is 6.13. The molecule has 1 fully saturated rings. The van der Waals surface area contributed by atoms with Gasteiger partial charge in [-0.05, 0) is 56.7 Å². The van der Waals surface area contributed by atoms with Crippen LogP contribution in [0.4, 0.5) is 0 Å². The summed E-state index contributed by atoms with van der Waals surface area (Å²) in [6.45, 7) is 6.61. The number of guanidine groups is 1. The van der Waals surface area contributed by atoms with Crippen LogP contribution in [0, 0.1) is 0 Å². The molecular weight excluding hydrogens is 302 g/mol. The Labute approximate surface area is 145 Å². The van der Waals surface area contributed by atoms with Crippen LogP contribution in [-0.2, 0) is 6.54 Å². The number of nitrogens with zero attached hydrogens (tertiary/aromatic N) is 1. The van der Waals surface area contributed by atoms with Gasteiger partial charge < -0.3 is 20.1 Å². The van der Waals surface area contributed by atoms with Gasteiger partial charge in [0.05, 0.1) is 19.8 Å². The zero-order chi connectivity index (χ0) is 17.2. The van der Waals surface area contributed by atoms with E-state index in [2.05, 4.69) is 35.5 Å². The summed E-state index contributed by atoms with van der Waals surface area (Å²) in [5, 5.41) is 6.59. The molecule has 0 bridgehead atoms. The highest BCUT2D eigenvalue weighted by atomic mass is 16.5.